The number of nitro groups is 1. The highest BCUT2D eigenvalue weighted by Crippen LogP contribution is 2.25. The third-order valence-corrected chi connectivity index (χ3v) is 5.02. The lowest BCUT2D eigenvalue weighted by Gasteiger charge is -2.19. The number of hydrogen-bond donors (Lipinski definition) is 1. The summed E-state index contributed by atoms with van der Waals surface area (Å²) in [5, 5.41) is 13.7. The largest absolute Gasteiger partial charge is 0.449 e. The third kappa shape index (κ3) is 5.43. The van der Waals surface area contributed by atoms with Gasteiger partial charge in [0.25, 0.3) is 11.6 Å². The van der Waals surface area contributed by atoms with Crippen LogP contribution in [0.4, 0.5) is 5.69 Å². The van der Waals surface area contributed by atoms with Gasteiger partial charge in [0.1, 0.15) is 5.76 Å². The van der Waals surface area contributed by atoms with Gasteiger partial charge in [-0.25, -0.2) is 4.79 Å². The van der Waals surface area contributed by atoms with E-state index in [4.69, 9.17) is 9.15 Å². The van der Waals surface area contributed by atoms with E-state index in [0.29, 0.717) is 11.3 Å². The van der Waals surface area contributed by atoms with Crippen LogP contribution >= 0.6 is 0 Å². The van der Waals surface area contributed by atoms with E-state index >= 15 is 0 Å². The Kier molecular flexibility index (Phi) is 6.64. The molecule has 1 N–H and O–H groups in total. The Morgan fingerprint density at radius 3 is 2.38 bits per heavy atom. The molecule has 8 nitrogen and oxygen atoms in total. The summed E-state index contributed by atoms with van der Waals surface area (Å²) in [6, 6.07) is 8.95. The molecule has 0 unspecified atom stereocenters. The molecular weight excluding hydrogens is 376 g/mol. The van der Waals surface area contributed by atoms with Crippen molar-refractivity contribution in [1.82, 2.24) is 5.32 Å². The molecule has 1 heterocycles. The third-order valence-electron chi connectivity index (χ3n) is 5.02. The quantitative estimate of drug-likeness (QED) is 0.336. The summed E-state index contributed by atoms with van der Waals surface area (Å²) in [6.45, 7) is 1.53. The molecule has 1 aromatic heterocycles. The van der Waals surface area contributed by atoms with Crippen LogP contribution in [0.25, 0.3) is 11.3 Å². The number of ether oxygens (including phenoxy) is 1. The van der Waals surface area contributed by atoms with Crippen molar-refractivity contribution < 1.29 is 23.7 Å². The Labute approximate surface area is 168 Å². The predicted octanol–water partition coefficient (Wildman–Crippen LogP) is 4.24. The molecule has 2 aromatic rings. The maximum atomic E-state index is 12.3. The zero-order valence-corrected chi connectivity index (χ0v) is 16.3. The molecule has 1 amide bonds. The van der Waals surface area contributed by atoms with Gasteiger partial charge in [-0.3, -0.25) is 14.9 Å². The number of non-ortho nitro benzene ring substituents is 1. The summed E-state index contributed by atoms with van der Waals surface area (Å²) in [4.78, 5) is 34.9. The van der Waals surface area contributed by atoms with Crippen molar-refractivity contribution in [2.45, 2.75) is 57.6 Å². The number of benzene rings is 1. The van der Waals surface area contributed by atoms with E-state index in [2.05, 4.69) is 5.32 Å². The highest BCUT2D eigenvalue weighted by molar-refractivity contribution is 5.90. The fraction of sp³-hybridized carbons (Fsp3) is 0.429. The van der Waals surface area contributed by atoms with Gasteiger partial charge in [0.15, 0.2) is 6.10 Å². The van der Waals surface area contributed by atoms with E-state index in [9.17, 15) is 19.7 Å². The summed E-state index contributed by atoms with van der Waals surface area (Å²) < 4.78 is 10.7. The molecule has 154 valence electrons. The maximum absolute atomic E-state index is 12.3. The smallest absolute Gasteiger partial charge is 0.375 e. The Balaban J connectivity index is 1.57. The maximum Gasteiger partial charge on any atom is 0.375 e. The molecule has 0 bridgehead atoms. The molecular formula is C21H24N2O6. The minimum absolute atomic E-state index is 0.0338. The summed E-state index contributed by atoms with van der Waals surface area (Å²) in [5.41, 5.74) is 0.558. The van der Waals surface area contributed by atoms with Crippen LogP contribution in [0.1, 0.15) is 56.0 Å². The summed E-state index contributed by atoms with van der Waals surface area (Å²) in [6.07, 6.45) is 5.53. The summed E-state index contributed by atoms with van der Waals surface area (Å²) in [5.74, 6) is -0.705. The number of carbonyl (C=O) groups excluding carboxylic acids is 2. The standard InChI is InChI=1S/C21H24N2O6/c1-14(20(24)22-16-6-4-2-3-5-7-16)28-21(25)19-13-12-18(29-19)15-8-10-17(11-9-15)23(26)27/h8-14,16H,2-7H2,1H3,(H,22,24)/t14-/m1/s1. The molecule has 0 radical (unpaired) electrons. The van der Waals surface area contributed by atoms with Gasteiger partial charge in [-0.1, -0.05) is 25.7 Å². The second-order valence-corrected chi connectivity index (χ2v) is 7.21. The molecule has 0 aliphatic heterocycles. The number of nitrogens with zero attached hydrogens (tertiary/aromatic N) is 1. The van der Waals surface area contributed by atoms with Crippen LogP contribution < -0.4 is 5.32 Å². The first-order valence-electron chi connectivity index (χ1n) is 9.80. The molecule has 1 aromatic carbocycles. The second-order valence-electron chi connectivity index (χ2n) is 7.21. The zero-order valence-electron chi connectivity index (χ0n) is 16.3. The van der Waals surface area contributed by atoms with Crippen molar-refractivity contribution >= 4 is 17.6 Å². The van der Waals surface area contributed by atoms with E-state index in [1.807, 2.05) is 0 Å². The molecule has 3 rings (SSSR count). The lowest BCUT2D eigenvalue weighted by Crippen LogP contribution is -2.41. The van der Waals surface area contributed by atoms with Crippen molar-refractivity contribution in [3.63, 3.8) is 0 Å². The minimum atomic E-state index is -0.932. The van der Waals surface area contributed by atoms with Gasteiger partial charge in [-0.15, -0.1) is 0 Å². The SMILES string of the molecule is C[C@@H](OC(=O)c1ccc(-c2ccc([N+](=O)[O-])cc2)o1)C(=O)NC1CCCCCC1. The van der Waals surface area contributed by atoms with Crippen molar-refractivity contribution in [3.05, 3.63) is 52.3 Å². The van der Waals surface area contributed by atoms with E-state index in [1.165, 1.54) is 50.1 Å². The first-order valence-corrected chi connectivity index (χ1v) is 9.80. The summed E-state index contributed by atoms with van der Waals surface area (Å²) in [7, 11) is 0. The topological polar surface area (TPSA) is 112 Å². The van der Waals surface area contributed by atoms with Crippen LogP contribution in [0.2, 0.25) is 0 Å². The number of esters is 1. The molecule has 1 saturated carbocycles. The van der Waals surface area contributed by atoms with Crippen LogP contribution in [0.3, 0.4) is 0 Å². The fourth-order valence-electron chi connectivity index (χ4n) is 3.36. The lowest BCUT2D eigenvalue weighted by molar-refractivity contribution is -0.384. The number of furan rings is 1. The number of amides is 1. The van der Waals surface area contributed by atoms with Gasteiger partial charge in [-0.05, 0) is 44.0 Å². The van der Waals surface area contributed by atoms with E-state index in [-0.39, 0.29) is 23.4 Å². The molecule has 0 saturated heterocycles. The average molecular weight is 400 g/mol. The van der Waals surface area contributed by atoms with Gasteiger partial charge in [0.05, 0.1) is 4.92 Å². The normalized spacial score (nSPS) is 15.9. The monoisotopic (exact) mass is 400 g/mol. The number of rotatable bonds is 6. The number of hydrogen-bond acceptors (Lipinski definition) is 6. The van der Waals surface area contributed by atoms with Crippen LogP contribution in [-0.4, -0.2) is 28.9 Å². The Morgan fingerprint density at radius 1 is 1.10 bits per heavy atom. The van der Waals surface area contributed by atoms with E-state index in [0.717, 1.165) is 25.7 Å². The Morgan fingerprint density at radius 2 is 1.76 bits per heavy atom. The van der Waals surface area contributed by atoms with Crippen molar-refractivity contribution in [2.75, 3.05) is 0 Å². The molecule has 29 heavy (non-hydrogen) atoms. The summed E-state index contributed by atoms with van der Waals surface area (Å²) >= 11 is 0. The van der Waals surface area contributed by atoms with E-state index < -0.39 is 17.0 Å². The molecule has 1 atom stereocenters. The first kappa shape index (κ1) is 20.6. The Hall–Kier alpha value is -3.16. The molecule has 1 fully saturated rings. The van der Waals surface area contributed by atoms with E-state index in [1.54, 1.807) is 6.07 Å². The van der Waals surface area contributed by atoms with Crippen LogP contribution in [-0.2, 0) is 9.53 Å². The minimum Gasteiger partial charge on any atom is -0.449 e. The molecule has 0 spiro atoms. The van der Waals surface area contributed by atoms with Gasteiger partial charge >= 0.3 is 5.97 Å². The number of nitro benzene ring substituents is 1. The lowest BCUT2D eigenvalue weighted by atomic mass is 10.1. The van der Waals surface area contributed by atoms with Crippen molar-refractivity contribution in [2.24, 2.45) is 0 Å². The van der Waals surface area contributed by atoms with Crippen LogP contribution in [0.5, 0.6) is 0 Å². The molecule has 1 aliphatic rings. The predicted molar refractivity (Wildman–Crippen MR) is 105 cm³/mol. The van der Waals surface area contributed by atoms with Crippen molar-refractivity contribution in [1.29, 1.82) is 0 Å². The highest BCUT2D eigenvalue weighted by Gasteiger charge is 2.24. The van der Waals surface area contributed by atoms with Gasteiger partial charge in [0, 0.05) is 23.7 Å². The van der Waals surface area contributed by atoms with Gasteiger partial charge in [-0.2, -0.15) is 0 Å². The average Bonchev–Trinajstić information content (AvgIpc) is 3.07. The van der Waals surface area contributed by atoms with Crippen LogP contribution in [0.15, 0.2) is 40.8 Å². The van der Waals surface area contributed by atoms with Gasteiger partial charge < -0.3 is 14.5 Å². The molecule has 1 aliphatic carbocycles. The zero-order chi connectivity index (χ0) is 20.8. The fourth-order valence-corrected chi connectivity index (χ4v) is 3.36. The van der Waals surface area contributed by atoms with Gasteiger partial charge in [0.2, 0.25) is 5.76 Å². The second kappa shape index (κ2) is 9.36. The number of carbonyl (C=O) groups is 2. The first-order chi connectivity index (χ1) is 13.9. The van der Waals surface area contributed by atoms with Crippen LogP contribution in [0, 0.1) is 10.1 Å². The Bertz CT molecular complexity index is 866. The highest BCUT2D eigenvalue weighted by atomic mass is 16.6. The number of nitrogens with one attached hydrogen (secondary N) is 1. The van der Waals surface area contributed by atoms with Crippen molar-refractivity contribution in [3.8, 4) is 11.3 Å². The molecule has 8 heteroatoms.